The molecule has 0 aliphatic rings. The normalized spacial score (nSPS) is 11.8. The van der Waals surface area contributed by atoms with Gasteiger partial charge in [-0.05, 0) is 71.6 Å². The summed E-state index contributed by atoms with van der Waals surface area (Å²) in [4.78, 5) is 25.4. The topological polar surface area (TPSA) is 58.2 Å². The van der Waals surface area contributed by atoms with Gasteiger partial charge in [0.1, 0.15) is 0 Å². The Morgan fingerprint density at radius 3 is 1.37 bits per heavy atom. The van der Waals surface area contributed by atoms with E-state index >= 15 is 0 Å². The number of anilines is 2. The molecule has 4 aromatic carbocycles. The van der Waals surface area contributed by atoms with Crippen molar-refractivity contribution in [3.8, 4) is 0 Å². The molecule has 0 aliphatic carbocycles. The maximum Gasteiger partial charge on any atom is 0.791 e. The van der Waals surface area contributed by atoms with Gasteiger partial charge in [0, 0.05) is 28.1 Å². The highest BCUT2D eigenvalue weighted by Crippen LogP contribution is 2.18. The largest absolute Gasteiger partial charge is 0.791 e. The Morgan fingerprint density at radius 2 is 1.00 bits per heavy atom. The molecule has 0 bridgehead atoms. The van der Waals surface area contributed by atoms with Crippen molar-refractivity contribution in [1.82, 2.24) is 0 Å². The van der Waals surface area contributed by atoms with Crippen molar-refractivity contribution in [2.45, 2.75) is 19.9 Å². The van der Waals surface area contributed by atoms with Crippen LogP contribution in [0.15, 0.2) is 97.1 Å². The van der Waals surface area contributed by atoms with Crippen molar-refractivity contribution in [2.75, 3.05) is 45.9 Å². The summed E-state index contributed by atoms with van der Waals surface area (Å²) < 4.78 is 1.51. The molecular formula is C36H42BN4O2+2. The molecule has 0 spiro atoms. The van der Waals surface area contributed by atoms with E-state index in [1.165, 1.54) is 11.1 Å². The smallest absolute Gasteiger partial charge is 0.337 e. The van der Waals surface area contributed by atoms with Crippen LogP contribution in [0.1, 0.15) is 49.9 Å². The van der Waals surface area contributed by atoms with Gasteiger partial charge in [-0.1, -0.05) is 67.6 Å². The number of nitrogens with zero attached hydrogens (tertiary/aromatic N) is 2. The Labute approximate surface area is 257 Å². The molecule has 0 heterocycles. The molecule has 2 amide bonds. The molecular weight excluding hydrogens is 531 g/mol. The molecule has 4 rings (SSSR count). The van der Waals surface area contributed by atoms with Gasteiger partial charge < -0.3 is 19.4 Å². The molecule has 4 aromatic rings. The predicted octanol–water partition coefficient (Wildman–Crippen LogP) is 6.74. The van der Waals surface area contributed by atoms with Gasteiger partial charge in [0.25, 0.3) is 11.8 Å². The Hall–Kier alpha value is -4.46. The molecule has 0 aromatic heterocycles. The summed E-state index contributed by atoms with van der Waals surface area (Å²) in [7, 11) is 13.1. The third kappa shape index (κ3) is 9.81. The van der Waals surface area contributed by atoms with Crippen molar-refractivity contribution >= 4 is 42.9 Å². The minimum absolute atomic E-state index is 0.122. The second kappa shape index (κ2) is 13.7. The van der Waals surface area contributed by atoms with Crippen molar-refractivity contribution < 1.29 is 18.4 Å². The van der Waals surface area contributed by atoms with Crippen molar-refractivity contribution in [1.29, 1.82) is 0 Å². The summed E-state index contributed by atoms with van der Waals surface area (Å²) in [5.74, 6) is -0.255. The number of carbonyl (C=O) groups is 2. The van der Waals surface area contributed by atoms with Gasteiger partial charge in [-0.3, -0.25) is 9.59 Å². The number of amides is 2. The van der Waals surface area contributed by atoms with Crippen molar-refractivity contribution in [2.24, 2.45) is 0 Å². The van der Waals surface area contributed by atoms with Crippen LogP contribution in [0.5, 0.6) is 0 Å². The molecule has 0 saturated heterocycles. The first-order valence-corrected chi connectivity index (χ1v) is 14.6. The maximum absolute atomic E-state index is 12.8. The Bertz CT molecular complexity index is 1550. The lowest BCUT2D eigenvalue weighted by Gasteiger charge is -2.32. The zero-order valence-corrected chi connectivity index (χ0v) is 26.1. The third-order valence-corrected chi connectivity index (χ3v) is 6.89. The van der Waals surface area contributed by atoms with E-state index in [1.807, 2.05) is 109 Å². The number of aryl methyl sites for hydroxylation is 1. The average Bonchev–Trinajstić information content (AvgIpc) is 2.96. The molecule has 0 aliphatic heterocycles. The quantitative estimate of drug-likeness (QED) is 0.154. The molecule has 7 heteroatoms. The SMILES string of the molecule is CCc1ccc(C(=O)Nc2ccc(/C=C/c3ccc(NC(=O)c4ccc(C[N+](C)(C)[B][N+](C)(C)C)cc4)cc3)cc2)cc1. The summed E-state index contributed by atoms with van der Waals surface area (Å²) in [6, 6.07) is 31.0. The Morgan fingerprint density at radius 1 is 0.605 bits per heavy atom. The van der Waals surface area contributed by atoms with Crippen LogP contribution in [-0.2, 0) is 13.0 Å². The minimum atomic E-state index is -0.133. The van der Waals surface area contributed by atoms with Gasteiger partial charge >= 0.3 is 7.55 Å². The molecule has 0 atom stereocenters. The third-order valence-electron chi connectivity index (χ3n) is 6.89. The molecule has 0 unspecified atom stereocenters. The van der Waals surface area contributed by atoms with Gasteiger partial charge in [-0.15, -0.1) is 0 Å². The highest BCUT2D eigenvalue weighted by Gasteiger charge is 2.36. The van der Waals surface area contributed by atoms with Crippen LogP contribution in [0, 0.1) is 0 Å². The number of hydrogen-bond acceptors (Lipinski definition) is 2. The van der Waals surface area contributed by atoms with E-state index in [0.29, 0.717) is 11.1 Å². The highest BCUT2D eigenvalue weighted by molar-refractivity contribution is 6.16. The molecule has 6 nitrogen and oxygen atoms in total. The van der Waals surface area contributed by atoms with E-state index in [2.05, 4.69) is 60.3 Å². The lowest BCUT2D eigenvalue weighted by molar-refractivity contribution is -0.888. The Kier molecular flexibility index (Phi) is 10.0. The Balaban J connectivity index is 1.28. The van der Waals surface area contributed by atoms with E-state index in [0.717, 1.165) is 44.3 Å². The van der Waals surface area contributed by atoms with Crippen LogP contribution in [0.4, 0.5) is 11.4 Å². The lowest BCUT2D eigenvalue weighted by Crippen LogP contribution is -2.56. The summed E-state index contributed by atoms with van der Waals surface area (Å²) >= 11 is 0. The first-order valence-electron chi connectivity index (χ1n) is 14.6. The van der Waals surface area contributed by atoms with E-state index in [9.17, 15) is 9.59 Å². The number of benzene rings is 4. The van der Waals surface area contributed by atoms with E-state index in [4.69, 9.17) is 0 Å². The zero-order chi connectivity index (χ0) is 31.0. The number of quaternary nitrogens is 2. The number of rotatable bonds is 11. The first kappa shape index (κ1) is 31.5. The van der Waals surface area contributed by atoms with Crippen molar-refractivity contribution in [3.05, 3.63) is 130 Å². The zero-order valence-electron chi connectivity index (χ0n) is 26.1. The van der Waals surface area contributed by atoms with Crippen LogP contribution in [0.3, 0.4) is 0 Å². The standard InChI is InChI=1S/C36H42BN4O2/c1-7-27-10-18-31(19-11-27)35(42)38-33-22-14-28(15-23-33)8-9-29-16-24-34(25-17-29)39-36(43)32-20-12-30(13-21-32)26-41(5,6)37-40(2,3)4/h8-25H,7,26H2,1-6H3,(H,38,42)(H,39,43)/q+2/b9-8+. The van der Waals surface area contributed by atoms with Gasteiger partial charge in [-0.25, -0.2) is 0 Å². The van der Waals surface area contributed by atoms with Crippen LogP contribution < -0.4 is 10.6 Å². The second-order valence-corrected chi connectivity index (χ2v) is 12.4. The minimum Gasteiger partial charge on any atom is -0.337 e. The highest BCUT2D eigenvalue weighted by atomic mass is 16.2. The summed E-state index contributed by atoms with van der Waals surface area (Å²) in [5, 5.41) is 5.94. The number of hydrogen-bond donors (Lipinski definition) is 2. The summed E-state index contributed by atoms with van der Waals surface area (Å²) in [6.45, 7) is 2.94. The fourth-order valence-electron chi connectivity index (χ4n) is 5.06. The van der Waals surface area contributed by atoms with Crippen LogP contribution in [-0.4, -0.2) is 63.4 Å². The lowest BCUT2D eigenvalue weighted by atomic mass is 9.97. The first-order chi connectivity index (χ1) is 20.4. The van der Waals surface area contributed by atoms with E-state index < -0.39 is 0 Å². The fraction of sp³-hybridized carbons (Fsp3) is 0.222. The maximum atomic E-state index is 12.8. The van der Waals surface area contributed by atoms with Crippen LogP contribution >= 0.6 is 0 Å². The van der Waals surface area contributed by atoms with Gasteiger partial charge in [0.2, 0.25) is 0 Å². The van der Waals surface area contributed by atoms with Gasteiger partial charge in [-0.2, -0.15) is 0 Å². The fourth-order valence-corrected chi connectivity index (χ4v) is 5.06. The predicted molar refractivity (Wildman–Crippen MR) is 180 cm³/mol. The molecule has 0 fully saturated rings. The monoisotopic (exact) mass is 573 g/mol. The number of nitrogens with one attached hydrogen (secondary N) is 2. The average molecular weight is 574 g/mol. The van der Waals surface area contributed by atoms with Gasteiger partial charge in [0.05, 0.1) is 41.8 Å². The molecule has 0 saturated carbocycles. The molecule has 2 N–H and O–H groups in total. The second-order valence-electron chi connectivity index (χ2n) is 12.4. The van der Waals surface area contributed by atoms with Crippen LogP contribution in [0.25, 0.3) is 12.2 Å². The molecule has 43 heavy (non-hydrogen) atoms. The van der Waals surface area contributed by atoms with E-state index in [-0.39, 0.29) is 11.8 Å². The van der Waals surface area contributed by atoms with Crippen LogP contribution in [0.2, 0.25) is 0 Å². The van der Waals surface area contributed by atoms with Gasteiger partial charge in [0.15, 0.2) is 0 Å². The summed E-state index contributed by atoms with van der Waals surface area (Å²) in [5.41, 5.74) is 7.18. The van der Waals surface area contributed by atoms with E-state index in [1.54, 1.807) is 0 Å². The molecule has 1 radical (unpaired) electrons. The summed E-state index contributed by atoms with van der Waals surface area (Å²) in [6.07, 6.45) is 4.98. The number of carbonyl (C=O) groups excluding carboxylic acids is 2. The van der Waals surface area contributed by atoms with Crippen molar-refractivity contribution in [3.63, 3.8) is 0 Å². The molecule has 219 valence electrons.